The molecule has 31 heavy (non-hydrogen) atoms. The van der Waals surface area contributed by atoms with E-state index in [0.717, 1.165) is 70.2 Å². The molecule has 1 N–H and O–H groups in total. The van der Waals surface area contributed by atoms with Gasteiger partial charge in [0.25, 0.3) is 0 Å². The van der Waals surface area contributed by atoms with Gasteiger partial charge in [-0.25, -0.2) is 0 Å². The lowest BCUT2D eigenvalue weighted by molar-refractivity contribution is 0.00992. The van der Waals surface area contributed by atoms with Crippen LogP contribution >= 0.6 is 24.0 Å². The number of halogens is 1. The quantitative estimate of drug-likeness (QED) is 0.206. The van der Waals surface area contributed by atoms with Crippen molar-refractivity contribution in [2.75, 3.05) is 47.0 Å². The summed E-state index contributed by atoms with van der Waals surface area (Å²) in [6.07, 6.45) is 9.82. The summed E-state index contributed by atoms with van der Waals surface area (Å²) in [6, 6.07) is 8.59. The van der Waals surface area contributed by atoms with Gasteiger partial charge < -0.3 is 24.4 Å². The highest BCUT2D eigenvalue weighted by Gasteiger charge is 2.21. The molecule has 0 bridgehead atoms. The largest absolute Gasteiger partial charge is 0.490 e. The molecule has 6 nitrogen and oxygen atoms in total. The van der Waals surface area contributed by atoms with Gasteiger partial charge in [0.05, 0.1) is 12.2 Å². The summed E-state index contributed by atoms with van der Waals surface area (Å²) in [5.41, 5.74) is 1.32. The van der Waals surface area contributed by atoms with E-state index in [4.69, 9.17) is 14.2 Å². The molecular weight excluding hydrogens is 505 g/mol. The number of aliphatic imine (C=N–C) groups is 1. The number of piperidine rings is 1. The molecule has 3 rings (SSSR count). The summed E-state index contributed by atoms with van der Waals surface area (Å²) in [4.78, 5) is 6.82. The molecule has 7 heteroatoms. The molecule has 176 valence electrons. The van der Waals surface area contributed by atoms with E-state index in [2.05, 4.69) is 39.5 Å². The number of benzene rings is 1. The predicted molar refractivity (Wildman–Crippen MR) is 137 cm³/mol. The molecule has 1 aliphatic heterocycles. The van der Waals surface area contributed by atoms with Gasteiger partial charge in [0.15, 0.2) is 5.96 Å². The average Bonchev–Trinajstić information content (AvgIpc) is 3.29. The number of ether oxygens (including phenoxy) is 3. The molecule has 2 fully saturated rings. The third kappa shape index (κ3) is 9.14. The monoisotopic (exact) mass is 545 g/mol. The van der Waals surface area contributed by atoms with Crippen LogP contribution in [0.3, 0.4) is 0 Å². The van der Waals surface area contributed by atoms with E-state index in [0.29, 0.717) is 12.2 Å². The second-order valence-electron chi connectivity index (χ2n) is 8.30. The Hall–Kier alpha value is -1.06. The molecule has 0 amide bonds. The molecule has 1 aliphatic carbocycles. The number of methoxy groups -OCH3 is 1. The lowest BCUT2D eigenvalue weighted by atomic mass is 10.1. The zero-order valence-corrected chi connectivity index (χ0v) is 21.5. The van der Waals surface area contributed by atoms with Crippen LogP contribution in [0.2, 0.25) is 0 Å². The van der Waals surface area contributed by atoms with E-state index in [9.17, 15) is 0 Å². The highest BCUT2D eigenvalue weighted by atomic mass is 127. The van der Waals surface area contributed by atoms with E-state index < -0.39 is 0 Å². The molecule has 1 aromatic rings. The number of hydrogen-bond acceptors (Lipinski definition) is 4. The summed E-state index contributed by atoms with van der Waals surface area (Å²) >= 11 is 0. The van der Waals surface area contributed by atoms with Gasteiger partial charge in [0.1, 0.15) is 5.75 Å². The Kier molecular flexibility index (Phi) is 12.6. The molecule has 2 aliphatic rings. The maximum atomic E-state index is 6.06. The number of nitrogens with zero attached hydrogens (tertiary/aromatic N) is 2. The van der Waals surface area contributed by atoms with Crippen LogP contribution in [-0.2, 0) is 15.9 Å². The van der Waals surface area contributed by atoms with Crippen LogP contribution in [0, 0.1) is 0 Å². The lowest BCUT2D eigenvalue weighted by Crippen LogP contribution is -2.47. The van der Waals surface area contributed by atoms with Gasteiger partial charge >= 0.3 is 0 Å². The summed E-state index contributed by atoms with van der Waals surface area (Å²) in [6.45, 7) is 4.41. The first-order chi connectivity index (χ1) is 14.8. The molecule has 0 atom stereocenters. The number of rotatable bonds is 10. The van der Waals surface area contributed by atoms with E-state index in [1.54, 1.807) is 7.11 Å². The fraction of sp³-hybridized carbons (Fsp3) is 0.708. The van der Waals surface area contributed by atoms with Crippen molar-refractivity contribution in [3.05, 3.63) is 29.8 Å². The fourth-order valence-corrected chi connectivity index (χ4v) is 4.27. The third-order valence-corrected chi connectivity index (χ3v) is 6.02. The molecule has 0 spiro atoms. The average molecular weight is 546 g/mol. The second-order valence-corrected chi connectivity index (χ2v) is 8.30. The fourth-order valence-electron chi connectivity index (χ4n) is 4.27. The summed E-state index contributed by atoms with van der Waals surface area (Å²) in [7, 11) is 3.60. The molecule has 0 aromatic heterocycles. The second kappa shape index (κ2) is 14.9. The van der Waals surface area contributed by atoms with Crippen molar-refractivity contribution in [2.45, 2.75) is 63.6 Å². The first kappa shape index (κ1) is 26.2. The number of nitrogens with one attached hydrogen (secondary N) is 1. The smallest absolute Gasteiger partial charge is 0.193 e. The normalized spacial score (nSPS) is 18.1. The van der Waals surface area contributed by atoms with Gasteiger partial charge in [0, 0.05) is 47.0 Å². The van der Waals surface area contributed by atoms with E-state index >= 15 is 0 Å². The van der Waals surface area contributed by atoms with Crippen molar-refractivity contribution < 1.29 is 14.2 Å². The van der Waals surface area contributed by atoms with Crippen molar-refractivity contribution >= 4 is 29.9 Å². The van der Waals surface area contributed by atoms with Crippen molar-refractivity contribution in [2.24, 2.45) is 4.99 Å². The minimum absolute atomic E-state index is 0. The van der Waals surface area contributed by atoms with Crippen LogP contribution < -0.4 is 10.1 Å². The van der Waals surface area contributed by atoms with Gasteiger partial charge in [-0.05, 0) is 69.1 Å². The van der Waals surface area contributed by atoms with Crippen LogP contribution in [0.4, 0.5) is 0 Å². The standard InChI is InChI=1S/C24H39N3O3.HI/c1-25-24(27-16-13-21(14-17-27)29-19-5-18-28-2)26-15-12-20-8-10-23(11-9-20)30-22-6-3-4-7-22;/h8-11,21-22H,3-7,12-19H2,1-2H3,(H,25,26);1H. The Labute approximate surface area is 205 Å². The molecular formula is C24H40IN3O3. The Bertz CT molecular complexity index is 627. The third-order valence-electron chi connectivity index (χ3n) is 6.02. The lowest BCUT2D eigenvalue weighted by Gasteiger charge is -2.34. The Morgan fingerprint density at radius 3 is 2.39 bits per heavy atom. The topological polar surface area (TPSA) is 55.3 Å². The van der Waals surface area contributed by atoms with Crippen molar-refractivity contribution in [1.29, 1.82) is 0 Å². The van der Waals surface area contributed by atoms with Crippen LogP contribution in [0.5, 0.6) is 5.75 Å². The Morgan fingerprint density at radius 1 is 1.03 bits per heavy atom. The molecule has 1 heterocycles. The summed E-state index contributed by atoms with van der Waals surface area (Å²) in [5, 5.41) is 3.52. The zero-order chi connectivity index (χ0) is 21.0. The van der Waals surface area contributed by atoms with Gasteiger partial charge in [-0.15, -0.1) is 24.0 Å². The first-order valence-corrected chi connectivity index (χ1v) is 11.6. The van der Waals surface area contributed by atoms with E-state index in [1.807, 2.05) is 7.05 Å². The summed E-state index contributed by atoms with van der Waals surface area (Å²) in [5.74, 6) is 2.00. The van der Waals surface area contributed by atoms with Crippen molar-refractivity contribution in [3.8, 4) is 5.75 Å². The molecule has 1 aromatic carbocycles. The van der Waals surface area contributed by atoms with Crippen molar-refractivity contribution in [1.82, 2.24) is 10.2 Å². The van der Waals surface area contributed by atoms with Crippen LogP contribution in [0.25, 0.3) is 0 Å². The minimum Gasteiger partial charge on any atom is -0.490 e. The first-order valence-electron chi connectivity index (χ1n) is 11.6. The number of likely N-dealkylation sites (tertiary alicyclic amines) is 1. The van der Waals surface area contributed by atoms with Crippen LogP contribution in [0.1, 0.15) is 50.5 Å². The van der Waals surface area contributed by atoms with Gasteiger partial charge in [-0.3, -0.25) is 4.99 Å². The highest BCUT2D eigenvalue weighted by molar-refractivity contribution is 14.0. The maximum Gasteiger partial charge on any atom is 0.193 e. The van der Waals surface area contributed by atoms with Crippen molar-refractivity contribution in [3.63, 3.8) is 0 Å². The van der Waals surface area contributed by atoms with E-state index in [-0.39, 0.29) is 24.0 Å². The van der Waals surface area contributed by atoms with Gasteiger partial charge in [-0.1, -0.05) is 12.1 Å². The minimum atomic E-state index is 0. The zero-order valence-electron chi connectivity index (χ0n) is 19.2. The predicted octanol–water partition coefficient (Wildman–Crippen LogP) is 4.26. The molecule has 1 saturated heterocycles. The van der Waals surface area contributed by atoms with Crippen LogP contribution in [-0.4, -0.2) is 70.1 Å². The maximum absolute atomic E-state index is 6.06. The Morgan fingerprint density at radius 2 is 1.74 bits per heavy atom. The number of guanidine groups is 1. The molecule has 0 radical (unpaired) electrons. The van der Waals surface area contributed by atoms with Crippen LogP contribution in [0.15, 0.2) is 29.3 Å². The Balaban J connectivity index is 0.00000341. The van der Waals surface area contributed by atoms with Gasteiger partial charge in [-0.2, -0.15) is 0 Å². The highest BCUT2D eigenvalue weighted by Crippen LogP contribution is 2.24. The number of hydrogen-bond donors (Lipinski definition) is 1. The summed E-state index contributed by atoms with van der Waals surface area (Å²) < 4.78 is 17.1. The molecule has 0 unspecified atom stereocenters. The van der Waals surface area contributed by atoms with Gasteiger partial charge in [0.2, 0.25) is 0 Å². The SMILES string of the molecule is CN=C(NCCc1ccc(OC2CCCC2)cc1)N1CCC(OCCCOC)CC1.I. The molecule has 1 saturated carbocycles. The van der Waals surface area contributed by atoms with E-state index in [1.165, 1.54) is 31.2 Å².